The van der Waals surface area contributed by atoms with Crippen LogP contribution in [0.25, 0.3) is 10.9 Å². The van der Waals surface area contributed by atoms with E-state index in [1.807, 2.05) is 0 Å². The summed E-state index contributed by atoms with van der Waals surface area (Å²) >= 11 is 8.35. The fraction of sp³-hybridized carbons (Fsp3) is 0.389. The summed E-state index contributed by atoms with van der Waals surface area (Å²) in [6.07, 6.45) is -1.33. The molecule has 6 rings (SSSR count). The van der Waals surface area contributed by atoms with Gasteiger partial charge in [-0.05, 0) is 81.3 Å². The van der Waals surface area contributed by atoms with Crippen molar-refractivity contribution < 1.29 is 76.9 Å². The highest BCUT2D eigenvalue weighted by atomic mass is 35.5. The largest absolute Gasteiger partial charge is 0.480 e. The molecular weight excluding hydrogens is 1370 g/mol. The van der Waals surface area contributed by atoms with Crippen LogP contribution in [0.15, 0.2) is 146 Å². The number of aromatic nitrogens is 1. The lowest BCUT2D eigenvalue weighted by Gasteiger charge is -2.29. The van der Waals surface area contributed by atoms with Gasteiger partial charge in [0.2, 0.25) is 53.7 Å². The molecule has 102 heavy (non-hydrogen) atoms. The van der Waals surface area contributed by atoms with Crippen molar-refractivity contribution >= 4 is 118 Å². The van der Waals surface area contributed by atoms with Gasteiger partial charge in [-0.25, -0.2) is 14.4 Å². The Hall–Kier alpha value is -9.97. The van der Waals surface area contributed by atoms with Crippen LogP contribution in [-0.4, -0.2) is 165 Å². The molecule has 0 aliphatic heterocycles. The highest BCUT2D eigenvalue weighted by Crippen LogP contribution is 2.23. The fourth-order valence-electron chi connectivity index (χ4n) is 10.2. The first kappa shape index (κ1) is 81.0. The molecule has 8 atom stereocenters. The van der Waals surface area contributed by atoms with E-state index >= 15 is 14.4 Å². The van der Waals surface area contributed by atoms with Crippen LogP contribution in [0.3, 0.4) is 0 Å². The van der Waals surface area contributed by atoms with Crippen LogP contribution in [0.4, 0.5) is 9.59 Å². The Balaban J connectivity index is 1.36. The van der Waals surface area contributed by atoms with Gasteiger partial charge in [-0.3, -0.25) is 47.7 Å². The third-order valence-electron chi connectivity index (χ3n) is 15.4. The molecule has 10 amide bonds. The van der Waals surface area contributed by atoms with E-state index < -0.39 is 108 Å². The zero-order chi connectivity index (χ0) is 74.1. The number of amides is 10. The van der Waals surface area contributed by atoms with Crippen LogP contribution in [-0.2, 0) is 94.6 Å². The summed E-state index contributed by atoms with van der Waals surface area (Å²) in [5.41, 5.74) is 2.31. The highest BCUT2D eigenvalue weighted by molar-refractivity contribution is 7.99. The molecular formula is C72H88ClN11O16S2. The highest BCUT2D eigenvalue weighted by Gasteiger charge is 2.37. The zero-order valence-corrected chi connectivity index (χ0v) is 59.8. The molecule has 27 nitrogen and oxygen atoms in total. The maximum Gasteiger partial charge on any atom is 0.408 e. The summed E-state index contributed by atoms with van der Waals surface area (Å²) < 4.78 is 18.3. The van der Waals surface area contributed by atoms with Crippen molar-refractivity contribution in [1.82, 2.24) is 57.7 Å². The van der Waals surface area contributed by atoms with E-state index in [2.05, 4.69) is 53.2 Å². The summed E-state index contributed by atoms with van der Waals surface area (Å²) in [6.45, 7) is 8.83. The SMILES string of the molecule is CC(=O)NCSC[C@H](NC(=O)[C@@H](NC(=O)[C@H](CCCCNC(=O)OCc1ccccc1Cl)NC(=O)[C@@H](Cc1cn(C=O)c2ccccc12)NC(=O)[C@H](Cc1ccccc1)NC(=O)[C@H](CSCNC(C)=O)NC(=O)[C@@H](Cc1ccccc1)NC(=O)OC(C)(C)C)[C@@H](C)OCc1ccccc1)C(=O)O. The summed E-state index contributed by atoms with van der Waals surface area (Å²) in [5, 5.41) is 37.9. The van der Waals surface area contributed by atoms with E-state index in [-0.39, 0.29) is 93.4 Å². The number of nitrogens with one attached hydrogen (secondary N) is 10. The van der Waals surface area contributed by atoms with Gasteiger partial charge in [0.1, 0.15) is 54.5 Å². The monoisotopic (exact) mass is 1460 g/mol. The number of rotatable bonds is 40. The average Bonchev–Trinajstić information content (AvgIpc) is 1.65. The molecule has 0 saturated carbocycles. The van der Waals surface area contributed by atoms with E-state index in [1.165, 1.54) is 31.5 Å². The third-order valence-corrected chi connectivity index (χ3v) is 17.6. The molecule has 0 fully saturated rings. The molecule has 0 bridgehead atoms. The summed E-state index contributed by atoms with van der Waals surface area (Å²) in [4.78, 5) is 165. The lowest BCUT2D eigenvalue weighted by Crippen LogP contribution is -2.62. The Morgan fingerprint density at radius 3 is 1.56 bits per heavy atom. The van der Waals surface area contributed by atoms with Gasteiger partial charge in [0, 0.05) is 73.3 Å². The molecule has 0 spiro atoms. The van der Waals surface area contributed by atoms with Gasteiger partial charge < -0.3 is 72.5 Å². The number of alkyl carbamates (subject to hydrolysis) is 2. The molecule has 1 heterocycles. The number of carbonyl (C=O) groups is 12. The Morgan fingerprint density at radius 2 is 1.00 bits per heavy atom. The quantitative estimate of drug-likeness (QED) is 0.0127. The van der Waals surface area contributed by atoms with E-state index in [0.717, 1.165) is 23.5 Å². The first-order chi connectivity index (χ1) is 48.8. The summed E-state index contributed by atoms with van der Waals surface area (Å²) in [7, 11) is 0. The molecule has 0 radical (unpaired) electrons. The number of benzene rings is 5. The van der Waals surface area contributed by atoms with Crippen molar-refractivity contribution in [2.24, 2.45) is 0 Å². The molecule has 30 heteroatoms. The minimum absolute atomic E-state index is 0.00108. The number of carboxylic acids is 1. The van der Waals surface area contributed by atoms with Gasteiger partial charge >= 0.3 is 18.2 Å². The van der Waals surface area contributed by atoms with Gasteiger partial charge in [-0.1, -0.05) is 139 Å². The van der Waals surface area contributed by atoms with Gasteiger partial charge in [0.15, 0.2) is 0 Å². The van der Waals surface area contributed by atoms with Crippen LogP contribution >= 0.6 is 35.1 Å². The first-order valence-corrected chi connectivity index (χ1v) is 35.6. The molecule has 1 aromatic heterocycles. The van der Waals surface area contributed by atoms with Crippen LogP contribution in [0.1, 0.15) is 88.6 Å². The number of thioether (sulfide) groups is 2. The van der Waals surface area contributed by atoms with Gasteiger partial charge in [-0.2, -0.15) is 0 Å². The predicted molar refractivity (Wildman–Crippen MR) is 387 cm³/mol. The Kier molecular flexibility index (Phi) is 33.1. The fourth-order valence-corrected chi connectivity index (χ4v) is 12.2. The maximum absolute atomic E-state index is 15.5. The van der Waals surface area contributed by atoms with Gasteiger partial charge in [0.25, 0.3) is 0 Å². The van der Waals surface area contributed by atoms with E-state index in [9.17, 15) is 48.3 Å². The Morgan fingerprint density at radius 1 is 0.520 bits per heavy atom. The molecule has 0 saturated heterocycles. The second kappa shape index (κ2) is 41.7. The molecule has 0 aliphatic rings. The second-order valence-electron chi connectivity index (χ2n) is 24.7. The average molecular weight is 1460 g/mol. The number of carbonyl (C=O) groups excluding carboxylic acids is 11. The number of hydrogen-bond donors (Lipinski definition) is 11. The normalized spacial score (nSPS) is 13.5. The molecule has 6 aromatic rings. The van der Waals surface area contributed by atoms with E-state index in [1.54, 1.807) is 160 Å². The van der Waals surface area contributed by atoms with E-state index in [0.29, 0.717) is 50.2 Å². The van der Waals surface area contributed by atoms with Crippen LogP contribution < -0.4 is 53.2 Å². The van der Waals surface area contributed by atoms with Crippen LogP contribution in [0, 0.1) is 0 Å². The standard InChI is InChI=1S/C72H88ClN11O16S2/c1-45(98-38-50-26-14-9-15-27-50)62(68(93)81-60(69(94)95)41-102-43-76-47(3)87)83-63(88)55(31-20-21-33-74-70(96)99-39-51-28-16-18-30-54(51)73)77-66(91)58(36-52-37-84(44-85)61-32-19-17-29-53(52)61)79-64(89)56(34-48-22-10-7-11-23-48)78-67(92)59(40-101-42-75-46(2)86)80-65(90)57(35-49-24-12-8-13-25-49)82-71(97)100-72(4,5)6/h7-19,22-30,32,37,44-45,55-60,62H,20-21,31,33-36,38-43H2,1-6H3,(H,74,96)(H,75,86)(H,76,87)(H,77,91)(H,78,92)(H,79,89)(H,80,90)(H,81,93)(H,82,97)(H,83,88)(H,94,95)/t45-,55+,56+,57-,58-,59+,60+,62+/m1/s1. The zero-order valence-electron chi connectivity index (χ0n) is 57.5. The smallest absolute Gasteiger partial charge is 0.408 e. The number of carboxylic acid groups (broad SMARTS) is 1. The third kappa shape index (κ3) is 28.2. The number of halogens is 1. The van der Waals surface area contributed by atoms with Crippen molar-refractivity contribution in [3.05, 3.63) is 179 Å². The predicted octanol–water partition coefficient (Wildman–Crippen LogP) is 5.60. The van der Waals surface area contributed by atoms with E-state index in [4.69, 9.17) is 25.8 Å². The van der Waals surface area contributed by atoms with Crippen molar-refractivity contribution in [1.29, 1.82) is 0 Å². The molecule has 5 aromatic carbocycles. The van der Waals surface area contributed by atoms with Crippen molar-refractivity contribution in [2.75, 3.05) is 29.8 Å². The summed E-state index contributed by atoms with van der Waals surface area (Å²) in [5.74, 6) is -8.10. The number of fused-ring (bicyclic) bond motifs is 1. The molecule has 0 unspecified atom stereocenters. The lowest BCUT2D eigenvalue weighted by molar-refractivity contribution is -0.143. The minimum Gasteiger partial charge on any atom is -0.480 e. The number of hydrogen-bond acceptors (Lipinski definition) is 17. The Bertz CT molecular complexity index is 3810. The number of para-hydroxylation sites is 1. The number of nitrogens with zero attached hydrogens (tertiary/aromatic N) is 1. The van der Waals surface area contributed by atoms with Crippen LogP contribution in [0.2, 0.25) is 5.02 Å². The number of aliphatic carboxylic acids is 1. The van der Waals surface area contributed by atoms with Crippen LogP contribution in [0.5, 0.6) is 0 Å². The second-order valence-corrected chi connectivity index (χ2v) is 27.2. The van der Waals surface area contributed by atoms with Crippen molar-refractivity contribution in [2.45, 2.75) is 147 Å². The number of unbranched alkanes of at least 4 members (excludes halogenated alkanes) is 1. The molecule has 11 N–H and O–H groups in total. The first-order valence-electron chi connectivity index (χ1n) is 32.9. The van der Waals surface area contributed by atoms with Gasteiger partial charge in [-0.15, -0.1) is 23.5 Å². The summed E-state index contributed by atoms with van der Waals surface area (Å²) in [6, 6.07) is 29.0. The Labute approximate surface area is 604 Å². The lowest BCUT2D eigenvalue weighted by atomic mass is 10.0. The van der Waals surface area contributed by atoms with Gasteiger partial charge in [0.05, 0.1) is 30.0 Å². The van der Waals surface area contributed by atoms with Crippen molar-refractivity contribution in [3.8, 4) is 0 Å². The molecule has 0 aliphatic carbocycles. The topological polar surface area (TPSA) is 378 Å². The van der Waals surface area contributed by atoms with Crippen molar-refractivity contribution in [3.63, 3.8) is 0 Å². The minimum atomic E-state index is -1.65. The maximum atomic E-state index is 15.5. The molecule has 546 valence electrons. The number of ether oxygens (including phenoxy) is 3.